The van der Waals surface area contributed by atoms with Crippen LogP contribution in [-0.4, -0.2) is 11.2 Å². The van der Waals surface area contributed by atoms with Crippen molar-refractivity contribution in [2.45, 2.75) is 32.4 Å². The molecule has 1 aromatic carbocycles. The molecule has 0 aliphatic rings. The third-order valence-corrected chi connectivity index (χ3v) is 2.99. The highest BCUT2D eigenvalue weighted by Crippen LogP contribution is 2.29. The maximum atomic E-state index is 13.5. The lowest BCUT2D eigenvalue weighted by Gasteiger charge is -2.20. The normalized spacial score (nSPS) is 15.1. The molecule has 84 valence electrons. The first kappa shape index (κ1) is 12.4. The van der Waals surface area contributed by atoms with E-state index in [9.17, 15) is 9.50 Å². The van der Waals surface area contributed by atoms with Gasteiger partial charge in [-0.3, -0.25) is 0 Å². The predicted octanol–water partition coefficient (Wildman–Crippen LogP) is 2.56. The fraction of sp³-hybridized carbons (Fsp3) is 0.455. The zero-order chi connectivity index (χ0) is 11.6. The number of halogens is 2. The number of hydrogen-bond donors (Lipinski definition) is 2. The SMILES string of the molecule is CC[C@@H](O)[C@@H](N)c1c(F)ccc(C)c1Cl. The van der Waals surface area contributed by atoms with Crippen molar-refractivity contribution in [1.82, 2.24) is 0 Å². The quantitative estimate of drug-likeness (QED) is 0.840. The van der Waals surface area contributed by atoms with E-state index in [2.05, 4.69) is 0 Å². The molecule has 0 unspecified atom stereocenters. The fourth-order valence-corrected chi connectivity index (χ4v) is 1.71. The van der Waals surface area contributed by atoms with Crippen molar-refractivity contribution in [2.24, 2.45) is 5.73 Å². The van der Waals surface area contributed by atoms with Crippen molar-refractivity contribution >= 4 is 11.6 Å². The Morgan fingerprint density at radius 2 is 2.13 bits per heavy atom. The van der Waals surface area contributed by atoms with Gasteiger partial charge < -0.3 is 10.8 Å². The summed E-state index contributed by atoms with van der Waals surface area (Å²) in [5, 5.41) is 9.87. The average molecular weight is 232 g/mol. The molecule has 0 bridgehead atoms. The molecular weight excluding hydrogens is 217 g/mol. The maximum absolute atomic E-state index is 13.5. The molecule has 0 heterocycles. The monoisotopic (exact) mass is 231 g/mol. The van der Waals surface area contributed by atoms with Crippen LogP contribution in [-0.2, 0) is 0 Å². The van der Waals surface area contributed by atoms with Crippen LogP contribution < -0.4 is 5.73 Å². The van der Waals surface area contributed by atoms with Gasteiger partial charge in [0.25, 0.3) is 0 Å². The number of rotatable bonds is 3. The van der Waals surface area contributed by atoms with E-state index in [1.54, 1.807) is 19.9 Å². The van der Waals surface area contributed by atoms with Crippen molar-refractivity contribution < 1.29 is 9.50 Å². The molecule has 0 radical (unpaired) electrons. The highest BCUT2D eigenvalue weighted by Gasteiger charge is 2.22. The smallest absolute Gasteiger partial charge is 0.129 e. The third-order valence-electron chi connectivity index (χ3n) is 2.49. The van der Waals surface area contributed by atoms with E-state index in [1.807, 2.05) is 0 Å². The molecule has 0 aliphatic heterocycles. The van der Waals surface area contributed by atoms with Crippen LogP contribution in [0.15, 0.2) is 12.1 Å². The van der Waals surface area contributed by atoms with Gasteiger partial charge in [-0.25, -0.2) is 4.39 Å². The van der Waals surface area contributed by atoms with Crippen molar-refractivity contribution in [3.8, 4) is 0 Å². The van der Waals surface area contributed by atoms with Crippen LogP contribution in [0.25, 0.3) is 0 Å². The van der Waals surface area contributed by atoms with Gasteiger partial charge >= 0.3 is 0 Å². The number of aliphatic hydroxyl groups is 1. The summed E-state index contributed by atoms with van der Waals surface area (Å²) in [6, 6.07) is 2.13. The van der Waals surface area contributed by atoms with Crippen LogP contribution in [0.5, 0.6) is 0 Å². The lowest BCUT2D eigenvalue weighted by atomic mass is 9.98. The van der Waals surface area contributed by atoms with Crippen LogP contribution in [0.4, 0.5) is 4.39 Å². The van der Waals surface area contributed by atoms with Gasteiger partial charge in [0.05, 0.1) is 17.2 Å². The molecule has 4 heteroatoms. The molecule has 0 saturated carbocycles. The Bertz CT molecular complexity index is 357. The molecule has 0 fully saturated rings. The van der Waals surface area contributed by atoms with E-state index in [4.69, 9.17) is 17.3 Å². The molecule has 0 aliphatic carbocycles. The van der Waals surface area contributed by atoms with Gasteiger partial charge in [-0.1, -0.05) is 24.6 Å². The van der Waals surface area contributed by atoms with E-state index in [0.29, 0.717) is 11.4 Å². The number of hydrogen-bond acceptors (Lipinski definition) is 2. The Morgan fingerprint density at radius 3 is 2.67 bits per heavy atom. The lowest BCUT2D eigenvalue weighted by molar-refractivity contribution is 0.139. The Morgan fingerprint density at radius 1 is 1.53 bits per heavy atom. The van der Waals surface area contributed by atoms with Crippen molar-refractivity contribution in [3.05, 3.63) is 34.1 Å². The van der Waals surface area contributed by atoms with E-state index >= 15 is 0 Å². The van der Waals surface area contributed by atoms with Crippen LogP contribution in [0.3, 0.4) is 0 Å². The van der Waals surface area contributed by atoms with Crippen LogP contribution in [0.2, 0.25) is 5.02 Å². The molecule has 1 rings (SSSR count). The minimum Gasteiger partial charge on any atom is -0.391 e. The summed E-state index contributed by atoms with van der Waals surface area (Å²) < 4.78 is 13.5. The molecule has 1 aromatic rings. The number of benzene rings is 1. The number of nitrogens with two attached hydrogens (primary N) is 1. The molecule has 2 nitrogen and oxygen atoms in total. The van der Waals surface area contributed by atoms with Gasteiger partial charge in [0.2, 0.25) is 0 Å². The molecule has 3 N–H and O–H groups in total. The van der Waals surface area contributed by atoms with Gasteiger partial charge in [-0.2, -0.15) is 0 Å². The molecule has 0 spiro atoms. The van der Waals surface area contributed by atoms with Crippen molar-refractivity contribution in [1.29, 1.82) is 0 Å². The fourth-order valence-electron chi connectivity index (χ4n) is 1.43. The second-order valence-electron chi connectivity index (χ2n) is 3.59. The minimum absolute atomic E-state index is 0.200. The minimum atomic E-state index is -0.779. The van der Waals surface area contributed by atoms with Gasteiger partial charge in [-0.05, 0) is 25.0 Å². The summed E-state index contributed by atoms with van der Waals surface area (Å²) in [6.45, 7) is 3.56. The van der Waals surface area contributed by atoms with Gasteiger partial charge in [0.15, 0.2) is 0 Å². The third kappa shape index (κ3) is 2.48. The Hall–Kier alpha value is -0.640. The summed E-state index contributed by atoms with van der Waals surface area (Å²) in [7, 11) is 0. The van der Waals surface area contributed by atoms with Gasteiger partial charge in [0, 0.05) is 5.56 Å². The van der Waals surface area contributed by atoms with Gasteiger partial charge in [-0.15, -0.1) is 0 Å². The summed E-state index contributed by atoms with van der Waals surface area (Å²) in [6.07, 6.45) is -0.316. The summed E-state index contributed by atoms with van der Waals surface area (Å²) in [4.78, 5) is 0. The first-order valence-corrected chi connectivity index (χ1v) is 5.25. The topological polar surface area (TPSA) is 46.2 Å². The molecule has 0 aromatic heterocycles. The second kappa shape index (κ2) is 4.92. The molecule has 15 heavy (non-hydrogen) atoms. The standard InChI is InChI=1S/C11H15ClFNO/c1-3-8(15)11(14)9-7(13)5-4-6(2)10(9)12/h4-5,8,11,15H,3,14H2,1-2H3/t8-,11-/m1/s1. The molecule has 0 saturated heterocycles. The van der Waals surface area contributed by atoms with Crippen LogP contribution in [0, 0.1) is 12.7 Å². The zero-order valence-electron chi connectivity index (χ0n) is 8.80. The molecular formula is C11H15ClFNO. The number of aliphatic hydroxyl groups excluding tert-OH is 1. The van der Waals surface area contributed by atoms with Gasteiger partial charge in [0.1, 0.15) is 5.82 Å². The summed E-state index contributed by atoms with van der Waals surface area (Å²) in [5.74, 6) is -0.467. The Balaban J connectivity index is 3.18. The highest BCUT2D eigenvalue weighted by molar-refractivity contribution is 6.32. The van der Waals surface area contributed by atoms with Crippen LogP contribution >= 0.6 is 11.6 Å². The zero-order valence-corrected chi connectivity index (χ0v) is 9.55. The van der Waals surface area contributed by atoms with E-state index in [-0.39, 0.29) is 5.56 Å². The summed E-state index contributed by atoms with van der Waals surface area (Å²) >= 11 is 5.96. The van der Waals surface area contributed by atoms with Crippen LogP contribution in [0.1, 0.15) is 30.5 Å². The predicted molar refractivity (Wildman–Crippen MR) is 59.4 cm³/mol. The Kier molecular flexibility index (Phi) is 4.08. The Labute approximate surface area is 93.9 Å². The lowest BCUT2D eigenvalue weighted by Crippen LogP contribution is -2.26. The second-order valence-corrected chi connectivity index (χ2v) is 3.97. The first-order chi connectivity index (χ1) is 6.99. The highest BCUT2D eigenvalue weighted by atomic mass is 35.5. The molecule has 2 atom stereocenters. The first-order valence-electron chi connectivity index (χ1n) is 4.87. The van der Waals surface area contributed by atoms with E-state index in [0.717, 1.165) is 5.56 Å². The summed E-state index contributed by atoms with van der Waals surface area (Å²) in [5.41, 5.74) is 6.70. The van der Waals surface area contributed by atoms with E-state index < -0.39 is 18.0 Å². The van der Waals surface area contributed by atoms with E-state index in [1.165, 1.54) is 6.07 Å². The largest absolute Gasteiger partial charge is 0.391 e. The molecule has 0 amide bonds. The number of aryl methyl sites for hydroxylation is 1. The van der Waals surface area contributed by atoms with Crippen molar-refractivity contribution in [3.63, 3.8) is 0 Å². The van der Waals surface area contributed by atoms with Crippen molar-refractivity contribution in [2.75, 3.05) is 0 Å². The average Bonchev–Trinajstić information content (AvgIpc) is 2.22. The maximum Gasteiger partial charge on any atom is 0.129 e.